The zero-order chi connectivity index (χ0) is 25.8. The molecular formula is C27H21ClN2O6. The fourth-order valence-electron chi connectivity index (χ4n) is 3.50. The number of aryl methyl sites for hydroxylation is 1. The number of carbonyl (C=O) groups excluding carboxylic acids is 4. The molecule has 3 aromatic rings. The van der Waals surface area contributed by atoms with Crippen LogP contribution in [0, 0.1) is 0 Å². The van der Waals surface area contributed by atoms with Crippen LogP contribution in [-0.2, 0) is 20.7 Å². The van der Waals surface area contributed by atoms with Crippen LogP contribution in [0.5, 0.6) is 5.75 Å². The second-order valence-electron chi connectivity index (χ2n) is 7.76. The van der Waals surface area contributed by atoms with Crippen molar-refractivity contribution in [1.29, 1.82) is 0 Å². The normalized spacial score (nSPS) is 13.1. The van der Waals surface area contributed by atoms with Crippen molar-refractivity contribution in [3.63, 3.8) is 0 Å². The first-order valence-corrected chi connectivity index (χ1v) is 11.3. The third kappa shape index (κ3) is 4.99. The minimum absolute atomic E-state index is 0.0535. The van der Waals surface area contributed by atoms with E-state index in [-0.39, 0.29) is 22.0 Å². The maximum atomic E-state index is 12.9. The Kier molecular flexibility index (Phi) is 7.17. The highest BCUT2D eigenvalue weighted by atomic mass is 35.5. The van der Waals surface area contributed by atoms with Gasteiger partial charge in [-0.25, -0.2) is 14.5 Å². The first-order valence-electron chi connectivity index (χ1n) is 11.0. The van der Waals surface area contributed by atoms with E-state index in [2.05, 4.69) is 10.1 Å². The van der Waals surface area contributed by atoms with Crippen molar-refractivity contribution in [1.82, 2.24) is 0 Å². The molecule has 0 fully saturated rings. The second-order valence-corrected chi connectivity index (χ2v) is 8.14. The van der Waals surface area contributed by atoms with Gasteiger partial charge in [0.15, 0.2) is 0 Å². The summed E-state index contributed by atoms with van der Waals surface area (Å²) < 4.78 is 9.96. The standard InChI is InChI=1S/C27H21ClN2O6/c1-3-16-4-12-20(13-5-16)30-24(31)22(28)23(25(30)32)29-19-10-6-18(7-11-19)27(34)36-21-14-8-17(9-15-21)26(33)35-2/h4-15,29H,3H2,1-2H3. The van der Waals surface area contributed by atoms with Gasteiger partial charge < -0.3 is 14.8 Å². The summed E-state index contributed by atoms with van der Waals surface area (Å²) in [5, 5.41) is 2.65. The van der Waals surface area contributed by atoms with E-state index in [0.717, 1.165) is 16.9 Å². The van der Waals surface area contributed by atoms with Crippen LogP contribution in [0.4, 0.5) is 11.4 Å². The smallest absolute Gasteiger partial charge is 0.343 e. The number of ether oxygens (including phenoxy) is 2. The largest absolute Gasteiger partial charge is 0.465 e. The number of anilines is 2. The van der Waals surface area contributed by atoms with Crippen molar-refractivity contribution in [2.45, 2.75) is 13.3 Å². The molecule has 0 spiro atoms. The van der Waals surface area contributed by atoms with Gasteiger partial charge in [-0.05, 0) is 72.6 Å². The van der Waals surface area contributed by atoms with E-state index in [1.165, 1.54) is 43.5 Å². The molecule has 2 amide bonds. The molecule has 0 atom stereocenters. The van der Waals surface area contributed by atoms with Gasteiger partial charge in [-0.2, -0.15) is 0 Å². The van der Waals surface area contributed by atoms with Gasteiger partial charge in [-0.3, -0.25) is 9.59 Å². The molecule has 4 rings (SSSR count). The minimum Gasteiger partial charge on any atom is -0.465 e. The van der Waals surface area contributed by atoms with Crippen molar-refractivity contribution >= 4 is 46.7 Å². The minimum atomic E-state index is -0.619. The third-order valence-electron chi connectivity index (χ3n) is 5.51. The molecule has 0 unspecified atom stereocenters. The molecule has 36 heavy (non-hydrogen) atoms. The SMILES string of the molecule is CCc1ccc(N2C(=O)C(Cl)=C(Nc3ccc(C(=O)Oc4ccc(C(=O)OC)cc4)cc3)C2=O)cc1. The number of nitrogens with one attached hydrogen (secondary N) is 1. The number of rotatable bonds is 7. The molecule has 8 nitrogen and oxygen atoms in total. The summed E-state index contributed by atoms with van der Waals surface area (Å²) in [5.41, 5.74) is 2.48. The molecule has 0 bridgehead atoms. The van der Waals surface area contributed by atoms with E-state index < -0.39 is 23.8 Å². The van der Waals surface area contributed by atoms with Gasteiger partial charge in [-0.1, -0.05) is 30.7 Å². The topological polar surface area (TPSA) is 102 Å². The second kappa shape index (κ2) is 10.5. The van der Waals surface area contributed by atoms with E-state index in [1.54, 1.807) is 24.3 Å². The van der Waals surface area contributed by atoms with Gasteiger partial charge in [0.05, 0.1) is 23.9 Å². The maximum Gasteiger partial charge on any atom is 0.343 e. The number of imide groups is 1. The molecule has 0 aliphatic carbocycles. The molecule has 1 aliphatic rings. The number of methoxy groups -OCH3 is 1. The molecule has 0 aromatic heterocycles. The van der Waals surface area contributed by atoms with Crippen LogP contribution in [0.1, 0.15) is 33.2 Å². The third-order valence-corrected chi connectivity index (χ3v) is 5.86. The Bertz CT molecular complexity index is 1360. The Balaban J connectivity index is 1.43. The Morgan fingerprint density at radius 3 is 2.00 bits per heavy atom. The fraction of sp³-hybridized carbons (Fsp3) is 0.111. The van der Waals surface area contributed by atoms with Gasteiger partial charge >= 0.3 is 11.9 Å². The van der Waals surface area contributed by atoms with Crippen molar-refractivity contribution in [3.05, 3.63) is 100 Å². The molecule has 9 heteroatoms. The zero-order valence-electron chi connectivity index (χ0n) is 19.4. The van der Waals surface area contributed by atoms with Crippen molar-refractivity contribution in [2.24, 2.45) is 0 Å². The van der Waals surface area contributed by atoms with Gasteiger partial charge in [0, 0.05) is 5.69 Å². The lowest BCUT2D eigenvalue weighted by Crippen LogP contribution is -2.32. The Hall–Kier alpha value is -4.43. The van der Waals surface area contributed by atoms with E-state index in [4.69, 9.17) is 16.3 Å². The molecule has 0 saturated heterocycles. The highest BCUT2D eigenvalue weighted by Crippen LogP contribution is 2.30. The molecule has 3 aromatic carbocycles. The summed E-state index contributed by atoms with van der Waals surface area (Å²) in [4.78, 5) is 50.6. The highest BCUT2D eigenvalue weighted by Gasteiger charge is 2.38. The van der Waals surface area contributed by atoms with Gasteiger partial charge in [-0.15, -0.1) is 0 Å². The Morgan fingerprint density at radius 2 is 1.42 bits per heavy atom. The van der Waals surface area contributed by atoms with Crippen LogP contribution in [-0.4, -0.2) is 30.9 Å². The number of benzene rings is 3. The van der Waals surface area contributed by atoms with E-state index in [0.29, 0.717) is 16.9 Å². The molecule has 182 valence electrons. The van der Waals surface area contributed by atoms with Crippen LogP contribution >= 0.6 is 11.6 Å². The number of nitrogens with zero attached hydrogens (tertiary/aromatic N) is 1. The average molecular weight is 505 g/mol. The van der Waals surface area contributed by atoms with E-state index >= 15 is 0 Å². The van der Waals surface area contributed by atoms with Crippen LogP contribution in [0.15, 0.2) is 83.5 Å². The Labute approximate surface area is 212 Å². The van der Waals surface area contributed by atoms with Gasteiger partial charge in [0.1, 0.15) is 16.5 Å². The molecule has 1 heterocycles. The number of carbonyl (C=O) groups is 4. The maximum absolute atomic E-state index is 12.9. The predicted molar refractivity (Wildman–Crippen MR) is 134 cm³/mol. The number of halogens is 1. The molecule has 0 radical (unpaired) electrons. The van der Waals surface area contributed by atoms with Crippen molar-refractivity contribution in [3.8, 4) is 5.75 Å². The quantitative estimate of drug-likeness (QED) is 0.283. The van der Waals surface area contributed by atoms with Crippen molar-refractivity contribution < 1.29 is 28.7 Å². The van der Waals surface area contributed by atoms with Crippen LogP contribution in [0.3, 0.4) is 0 Å². The number of amides is 2. The highest BCUT2D eigenvalue weighted by molar-refractivity contribution is 6.53. The van der Waals surface area contributed by atoms with E-state index in [1.807, 2.05) is 19.1 Å². The lowest BCUT2D eigenvalue weighted by atomic mass is 10.1. The molecule has 1 N–H and O–H groups in total. The van der Waals surface area contributed by atoms with Gasteiger partial charge in [0.2, 0.25) is 0 Å². The Morgan fingerprint density at radius 1 is 0.833 bits per heavy atom. The number of esters is 2. The van der Waals surface area contributed by atoms with Crippen LogP contribution in [0.2, 0.25) is 0 Å². The summed E-state index contributed by atoms with van der Waals surface area (Å²) in [6, 6.07) is 19.2. The fourth-order valence-corrected chi connectivity index (χ4v) is 3.72. The summed E-state index contributed by atoms with van der Waals surface area (Å²) in [6.07, 6.45) is 0.833. The first kappa shape index (κ1) is 24.7. The van der Waals surface area contributed by atoms with Crippen LogP contribution < -0.4 is 15.0 Å². The average Bonchev–Trinajstić information content (AvgIpc) is 3.12. The number of hydrogen-bond acceptors (Lipinski definition) is 7. The van der Waals surface area contributed by atoms with Crippen LogP contribution in [0.25, 0.3) is 0 Å². The molecule has 0 saturated carbocycles. The number of hydrogen-bond donors (Lipinski definition) is 1. The summed E-state index contributed by atoms with van der Waals surface area (Å²) >= 11 is 6.19. The van der Waals surface area contributed by atoms with Gasteiger partial charge in [0.25, 0.3) is 11.8 Å². The van der Waals surface area contributed by atoms with Crippen molar-refractivity contribution in [2.75, 3.05) is 17.3 Å². The zero-order valence-corrected chi connectivity index (χ0v) is 20.2. The summed E-state index contributed by atoms with van der Waals surface area (Å²) in [5.74, 6) is -2.04. The first-order chi connectivity index (χ1) is 17.3. The monoisotopic (exact) mass is 504 g/mol. The summed E-state index contributed by atoms with van der Waals surface area (Å²) in [7, 11) is 1.28. The molecule has 1 aliphatic heterocycles. The lowest BCUT2D eigenvalue weighted by molar-refractivity contribution is -0.120. The lowest BCUT2D eigenvalue weighted by Gasteiger charge is -2.15. The summed E-state index contributed by atoms with van der Waals surface area (Å²) in [6.45, 7) is 2.01. The van der Waals surface area contributed by atoms with E-state index in [9.17, 15) is 19.2 Å². The molecular weight excluding hydrogens is 484 g/mol. The predicted octanol–water partition coefficient (Wildman–Crippen LogP) is 4.69.